The molecule has 0 fully saturated rings. The van der Waals surface area contributed by atoms with Gasteiger partial charge in [0, 0.05) is 5.39 Å². The summed E-state index contributed by atoms with van der Waals surface area (Å²) >= 11 is 8.80. The second-order valence-electron chi connectivity index (χ2n) is 4.07. The summed E-state index contributed by atoms with van der Waals surface area (Å²) in [6, 6.07) is 18.7. The number of benzene rings is 2. The van der Waals surface area contributed by atoms with Crippen molar-refractivity contribution in [1.82, 2.24) is 9.78 Å². The van der Waals surface area contributed by atoms with Crippen LogP contribution in [0.15, 0.2) is 60.8 Å². The van der Waals surface area contributed by atoms with E-state index in [2.05, 4.69) is 64.7 Å². The van der Waals surface area contributed by atoms with Gasteiger partial charge in [-0.25, -0.2) is 0 Å². The molecule has 0 aliphatic rings. The number of hydrogen-bond acceptors (Lipinski definition) is 2. The fourth-order valence-electron chi connectivity index (χ4n) is 1.91. The molecule has 0 amide bonds. The van der Waals surface area contributed by atoms with Gasteiger partial charge in [-0.1, -0.05) is 48.5 Å². The number of hydrogen-bond donors (Lipinski definition) is 0. The van der Waals surface area contributed by atoms with Gasteiger partial charge >= 0.3 is 4.70 Å². The Morgan fingerprint density at radius 1 is 1.00 bits per heavy atom. The first kappa shape index (κ1) is 14.6. The predicted molar refractivity (Wildman–Crippen MR) is 82.4 cm³/mol. The summed E-state index contributed by atoms with van der Waals surface area (Å²) in [4.78, 5) is 8.98. The molecular formula is C15H12Cl2N2O. The molecule has 0 atom stereocenters. The molecule has 3 rings (SSSR count). The average molecular weight is 307 g/mol. The van der Waals surface area contributed by atoms with Gasteiger partial charge in [0.2, 0.25) is 0 Å². The van der Waals surface area contributed by atoms with E-state index in [-0.39, 0.29) is 0 Å². The van der Waals surface area contributed by atoms with Gasteiger partial charge in [-0.15, -0.1) is 0 Å². The van der Waals surface area contributed by atoms with Crippen molar-refractivity contribution in [3.05, 3.63) is 66.4 Å². The maximum atomic E-state index is 8.98. The zero-order valence-corrected chi connectivity index (χ0v) is 12.1. The molecule has 20 heavy (non-hydrogen) atoms. The highest BCUT2D eigenvalue weighted by molar-refractivity contribution is 6.93. The Labute approximate surface area is 126 Å². The summed E-state index contributed by atoms with van der Waals surface area (Å²) in [5.74, 6) is 0. The molecule has 0 aliphatic heterocycles. The number of rotatable bonds is 2. The number of carbonyl (C=O) groups excluding carboxylic acids is 1. The van der Waals surface area contributed by atoms with Gasteiger partial charge in [0.05, 0.1) is 18.3 Å². The Bertz CT molecular complexity index is 691. The number of para-hydroxylation sites is 1. The number of aromatic nitrogens is 2. The summed E-state index contributed by atoms with van der Waals surface area (Å²) in [6.07, 6.45) is 1.91. The molecule has 0 N–H and O–H groups in total. The zero-order valence-electron chi connectivity index (χ0n) is 10.5. The van der Waals surface area contributed by atoms with E-state index in [4.69, 9.17) is 4.79 Å². The van der Waals surface area contributed by atoms with E-state index in [9.17, 15) is 0 Å². The maximum Gasteiger partial charge on any atom is 0.313 e. The lowest BCUT2D eigenvalue weighted by Gasteiger charge is -2.03. The van der Waals surface area contributed by atoms with Gasteiger partial charge in [0.15, 0.2) is 0 Å². The van der Waals surface area contributed by atoms with E-state index in [1.165, 1.54) is 16.5 Å². The minimum Gasteiger partial charge on any atom is -0.262 e. The van der Waals surface area contributed by atoms with Crippen LogP contribution in [-0.2, 0) is 6.54 Å². The number of carbonyl (C=O) groups is 1. The van der Waals surface area contributed by atoms with Crippen molar-refractivity contribution in [3.63, 3.8) is 0 Å². The molecule has 0 unspecified atom stereocenters. The number of halogens is 2. The van der Waals surface area contributed by atoms with Crippen molar-refractivity contribution in [2.24, 2.45) is 0 Å². The van der Waals surface area contributed by atoms with Crippen molar-refractivity contribution in [2.75, 3.05) is 0 Å². The second kappa shape index (κ2) is 7.08. The summed E-state index contributed by atoms with van der Waals surface area (Å²) in [7, 11) is 0. The highest BCUT2D eigenvalue weighted by atomic mass is 35.5. The van der Waals surface area contributed by atoms with Crippen LogP contribution in [0.3, 0.4) is 0 Å². The van der Waals surface area contributed by atoms with Gasteiger partial charge in [-0.2, -0.15) is 5.10 Å². The van der Waals surface area contributed by atoms with Crippen LogP contribution in [-0.4, -0.2) is 14.5 Å². The molecule has 0 bridgehead atoms. The van der Waals surface area contributed by atoms with E-state index in [0.29, 0.717) is 0 Å². The molecule has 0 aliphatic carbocycles. The molecule has 0 saturated carbocycles. The normalized spacial score (nSPS) is 9.90. The molecule has 1 aromatic heterocycles. The first-order valence-corrected chi connectivity index (χ1v) is 6.72. The summed E-state index contributed by atoms with van der Waals surface area (Å²) < 4.78 is 1.14. The van der Waals surface area contributed by atoms with E-state index in [1.54, 1.807) is 0 Å². The molecule has 5 heteroatoms. The highest BCUT2D eigenvalue weighted by Gasteiger charge is 2.01. The Morgan fingerprint density at radius 2 is 1.60 bits per heavy atom. The van der Waals surface area contributed by atoms with E-state index < -0.39 is 4.70 Å². The minimum absolute atomic E-state index is 0.828. The monoisotopic (exact) mass is 306 g/mol. The van der Waals surface area contributed by atoms with Crippen LogP contribution in [0.4, 0.5) is 4.79 Å². The van der Waals surface area contributed by atoms with Crippen molar-refractivity contribution in [1.29, 1.82) is 0 Å². The lowest BCUT2D eigenvalue weighted by atomic mass is 10.2. The number of fused-ring (bicyclic) bond motifs is 1. The Balaban J connectivity index is 0.000000328. The first-order valence-electron chi connectivity index (χ1n) is 5.96. The number of nitrogens with zero attached hydrogens (tertiary/aromatic N) is 2. The summed E-state index contributed by atoms with van der Waals surface area (Å²) in [5.41, 5.74) is 2.46. The zero-order chi connectivity index (χ0) is 14.4. The van der Waals surface area contributed by atoms with Crippen molar-refractivity contribution in [3.8, 4) is 0 Å². The SMILES string of the molecule is O=C(Cl)Cl.c1ccc(Cn2ncc3ccccc32)cc1. The Kier molecular flexibility index (Phi) is 5.16. The van der Waals surface area contributed by atoms with Crippen LogP contribution in [0.1, 0.15) is 5.56 Å². The van der Waals surface area contributed by atoms with Crippen LogP contribution in [0, 0.1) is 0 Å². The third-order valence-electron chi connectivity index (χ3n) is 2.73. The van der Waals surface area contributed by atoms with E-state index >= 15 is 0 Å². The van der Waals surface area contributed by atoms with E-state index in [1.807, 2.05) is 29.1 Å². The molecule has 1 heterocycles. The molecule has 0 spiro atoms. The van der Waals surface area contributed by atoms with E-state index in [0.717, 1.165) is 6.54 Å². The van der Waals surface area contributed by atoms with Crippen LogP contribution in [0.5, 0.6) is 0 Å². The fourth-order valence-corrected chi connectivity index (χ4v) is 1.91. The summed E-state index contributed by atoms with van der Waals surface area (Å²) in [6.45, 7) is 0.828. The predicted octanol–water partition coefficient (Wildman–Crippen LogP) is 4.67. The third-order valence-corrected chi connectivity index (χ3v) is 2.73. The standard InChI is InChI=1S/C14H12N2.CCl2O/c1-2-6-12(7-3-1)11-16-14-9-5-4-8-13(14)10-15-16;2-1(3)4/h1-10H,11H2;. The average Bonchev–Trinajstić information content (AvgIpc) is 2.83. The van der Waals surface area contributed by atoms with Crippen LogP contribution in [0.2, 0.25) is 0 Å². The second-order valence-corrected chi connectivity index (χ2v) is 4.95. The van der Waals surface area contributed by atoms with Crippen molar-refractivity contribution >= 4 is 38.8 Å². The molecule has 3 aromatic rings. The molecule has 102 valence electrons. The Hall–Kier alpha value is -1.84. The topological polar surface area (TPSA) is 34.9 Å². The van der Waals surface area contributed by atoms with Crippen LogP contribution in [0.25, 0.3) is 10.9 Å². The maximum absolute atomic E-state index is 8.98. The lowest BCUT2D eigenvalue weighted by molar-refractivity contribution is 0.275. The Morgan fingerprint density at radius 3 is 2.30 bits per heavy atom. The van der Waals surface area contributed by atoms with Crippen LogP contribution < -0.4 is 0 Å². The van der Waals surface area contributed by atoms with Gasteiger partial charge in [0.1, 0.15) is 0 Å². The molecule has 3 nitrogen and oxygen atoms in total. The highest BCUT2D eigenvalue weighted by Crippen LogP contribution is 2.14. The largest absolute Gasteiger partial charge is 0.313 e. The first-order chi connectivity index (χ1) is 9.66. The molecule has 2 aromatic carbocycles. The molecule has 0 saturated heterocycles. The quantitative estimate of drug-likeness (QED) is 0.645. The van der Waals surface area contributed by atoms with Gasteiger partial charge in [0.25, 0.3) is 0 Å². The van der Waals surface area contributed by atoms with Crippen molar-refractivity contribution in [2.45, 2.75) is 6.54 Å². The smallest absolute Gasteiger partial charge is 0.262 e. The molecule has 0 radical (unpaired) electrons. The van der Waals surface area contributed by atoms with Gasteiger partial charge in [-0.3, -0.25) is 9.48 Å². The molecular weight excluding hydrogens is 295 g/mol. The lowest BCUT2D eigenvalue weighted by Crippen LogP contribution is -2.00. The van der Waals surface area contributed by atoms with Crippen LogP contribution >= 0.6 is 23.2 Å². The fraction of sp³-hybridized carbons (Fsp3) is 0.0667. The summed E-state index contributed by atoms with van der Waals surface area (Å²) in [5, 5.41) is 5.60. The van der Waals surface area contributed by atoms with Gasteiger partial charge in [-0.05, 0) is 34.8 Å². The minimum atomic E-state index is -0.889. The van der Waals surface area contributed by atoms with Crippen molar-refractivity contribution < 1.29 is 4.79 Å². The van der Waals surface area contributed by atoms with Gasteiger partial charge < -0.3 is 0 Å². The third kappa shape index (κ3) is 4.08.